The summed E-state index contributed by atoms with van der Waals surface area (Å²) in [4.78, 5) is 9.51. The lowest BCUT2D eigenvalue weighted by Gasteiger charge is -2.36. The van der Waals surface area contributed by atoms with Crippen LogP contribution in [0, 0.1) is 5.92 Å². The zero-order chi connectivity index (χ0) is 17.3. The molecule has 6 nitrogen and oxygen atoms in total. The number of hydrogen-bond donors (Lipinski definition) is 0. The Labute approximate surface area is 152 Å². The predicted octanol–water partition coefficient (Wildman–Crippen LogP) is 2.71. The third-order valence-corrected chi connectivity index (χ3v) is 5.77. The van der Waals surface area contributed by atoms with Gasteiger partial charge in [-0.05, 0) is 52.3 Å². The van der Waals surface area contributed by atoms with Crippen molar-refractivity contribution in [3.05, 3.63) is 53.9 Å². The predicted molar refractivity (Wildman–Crippen MR) is 98.2 cm³/mol. The minimum absolute atomic E-state index is 0.598. The summed E-state index contributed by atoms with van der Waals surface area (Å²) in [6.07, 6.45) is 6.45. The summed E-state index contributed by atoms with van der Waals surface area (Å²) >= 11 is 0. The Morgan fingerprint density at radius 3 is 2.92 bits per heavy atom. The van der Waals surface area contributed by atoms with Crippen LogP contribution in [-0.2, 0) is 13.1 Å². The molecule has 1 aromatic carbocycles. The fourth-order valence-corrected chi connectivity index (χ4v) is 4.56. The van der Waals surface area contributed by atoms with Crippen molar-refractivity contribution in [2.45, 2.75) is 32.0 Å². The molecule has 2 aromatic heterocycles. The first kappa shape index (κ1) is 15.9. The molecule has 0 spiro atoms. The quantitative estimate of drug-likeness (QED) is 0.722. The number of benzene rings is 1. The van der Waals surface area contributed by atoms with Gasteiger partial charge in [-0.15, -0.1) is 0 Å². The van der Waals surface area contributed by atoms with Crippen molar-refractivity contribution in [3.63, 3.8) is 0 Å². The van der Waals surface area contributed by atoms with Gasteiger partial charge in [0.1, 0.15) is 11.0 Å². The van der Waals surface area contributed by atoms with Gasteiger partial charge in [0.25, 0.3) is 0 Å². The van der Waals surface area contributed by atoms with Crippen molar-refractivity contribution in [1.29, 1.82) is 0 Å². The van der Waals surface area contributed by atoms with Gasteiger partial charge in [0.15, 0.2) is 0 Å². The van der Waals surface area contributed by atoms with Crippen molar-refractivity contribution in [2.75, 3.05) is 19.6 Å². The smallest absolute Gasteiger partial charge is 0.139 e. The highest BCUT2D eigenvalue weighted by molar-refractivity contribution is 5.76. The number of piperidine rings is 1. The maximum absolute atomic E-state index is 4.93. The molecular weight excluding hydrogens is 326 g/mol. The summed E-state index contributed by atoms with van der Waals surface area (Å²) in [6, 6.07) is 11.0. The van der Waals surface area contributed by atoms with E-state index in [4.69, 9.17) is 4.63 Å². The van der Waals surface area contributed by atoms with Crippen LogP contribution in [0.2, 0.25) is 0 Å². The molecule has 5 heterocycles. The van der Waals surface area contributed by atoms with Gasteiger partial charge in [0.05, 0.1) is 0 Å². The van der Waals surface area contributed by atoms with Crippen LogP contribution in [-0.4, -0.2) is 50.8 Å². The molecule has 3 aliphatic heterocycles. The summed E-state index contributed by atoms with van der Waals surface area (Å²) in [7, 11) is 0. The Morgan fingerprint density at radius 2 is 2.00 bits per heavy atom. The van der Waals surface area contributed by atoms with Gasteiger partial charge in [-0.3, -0.25) is 14.8 Å². The summed E-state index contributed by atoms with van der Waals surface area (Å²) < 4.78 is 4.93. The number of pyridine rings is 1. The molecule has 26 heavy (non-hydrogen) atoms. The molecule has 0 radical (unpaired) electrons. The van der Waals surface area contributed by atoms with E-state index in [1.165, 1.54) is 30.5 Å². The molecule has 2 bridgehead atoms. The van der Waals surface area contributed by atoms with E-state index in [1.54, 1.807) is 0 Å². The lowest BCUT2D eigenvalue weighted by Crippen LogP contribution is -2.43. The Balaban J connectivity index is 1.33. The summed E-state index contributed by atoms with van der Waals surface area (Å²) in [5.41, 5.74) is 4.27. The molecule has 3 fully saturated rings. The maximum atomic E-state index is 4.93. The molecule has 134 valence electrons. The number of rotatable bonds is 4. The van der Waals surface area contributed by atoms with Crippen molar-refractivity contribution in [3.8, 4) is 0 Å². The van der Waals surface area contributed by atoms with Crippen LogP contribution < -0.4 is 0 Å². The average Bonchev–Trinajstić information content (AvgIpc) is 2.99. The molecule has 6 rings (SSSR count). The molecule has 6 heteroatoms. The Kier molecular flexibility index (Phi) is 4.15. The molecule has 3 aliphatic rings. The highest BCUT2D eigenvalue weighted by Gasteiger charge is 2.34. The van der Waals surface area contributed by atoms with Crippen LogP contribution in [0.15, 0.2) is 47.4 Å². The van der Waals surface area contributed by atoms with Crippen molar-refractivity contribution >= 4 is 11.0 Å². The van der Waals surface area contributed by atoms with E-state index in [0.29, 0.717) is 6.04 Å². The van der Waals surface area contributed by atoms with E-state index in [9.17, 15) is 0 Å². The van der Waals surface area contributed by atoms with Gasteiger partial charge in [-0.1, -0.05) is 18.2 Å². The maximum Gasteiger partial charge on any atom is 0.139 e. The van der Waals surface area contributed by atoms with E-state index >= 15 is 0 Å². The molecule has 2 atom stereocenters. The monoisotopic (exact) mass is 349 g/mol. The Morgan fingerprint density at radius 1 is 1.00 bits per heavy atom. The lowest BCUT2D eigenvalue weighted by atomic mass is 9.94. The van der Waals surface area contributed by atoms with E-state index in [-0.39, 0.29) is 0 Å². The van der Waals surface area contributed by atoms with Crippen molar-refractivity contribution in [1.82, 2.24) is 25.1 Å². The minimum Gasteiger partial charge on any atom is -0.297 e. The molecule has 0 amide bonds. The fourth-order valence-electron chi connectivity index (χ4n) is 4.56. The third kappa shape index (κ3) is 3.10. The number of hydrogen-bond acceptors (Lipinski definition) is 6. The van der Waals surface area contributed by atoms with E-state index in [1.807, 2.05) is 30.6 Å². The number of nitrogens with zero attached hydrogens (tertiary/aromatic N) is 5. The summed E-state index contributed by atoms with van der Waals surface area (Å²) in [5, 5.41) is 8.09. The van der Waals surface area contributed by atoms with Crippen LogP contribution in [0.3, 0.4) is 0 Å². The van der Waals surface area contributed by atoms with Crippen molar-refractivity contribution < 1.29 is 4.63 Å². The second kappa shape index (κ2) is 6.78. The minimum atomic E-state index is 0.598. The Hall–Kier alpha value is -2.31. The third-order valence-electron chi connectivity index (χ3n) is 5.77. The van der Waals surface area contributed by atoms with Crippen LogP contribution in [0.4, 0.5) is 0 Å². The first-order chi connectivity index (χ1) is 12.8. The zero-order valence-corrected chi connectivity index (χ0v) is 14.8. The molecule has 0 N–H and O–H groups in total. The fraction of sp³-hybridized carbons (Fsp3) is 0.450. The van der Waals surface area contributed by atoms with E-state index in [0.717, 1.165) is 43.1 Å². The molecule has 0 aliphatic carbocycles. The molecule has 3 aromatic rings. The molecular formula is C20H23N5O. The first-order valence-electron chi connectivity index (χ1n) is 9.40. The second-order valence-corrected chi connectivity index (χ2v) is 7.63. The Bertz CT molecular complexity index is 880. The van der Waals surface area contributed by atoms with Gasteiger partial charge >= 0.3 is 0 Å². The SMILES string of the molecule is c1cncc(CN2C[C@@H]3CC[C@H](C2)N(Cc2cccc4nonc24)C3)c1. The number of fused-ring (bicyclic) bond motifs is 5. The lowest BCUT2D eigenvalue weighted by molar-refractivity contribution is 0.123. The highest BCUT2D eigenvalue weighted by atomic mass is 16.6. The van der Waals surface area contributed by atoms with Gasteiger partial charge in [-0.2, -0.15) is 0 Å². The van der Waals surface area contributed by atoms with Gasteiger partial charge in [-0.25, -0.2) is 4.63 Å². The largest absolute Gasteiger partial charge is 0.297 e. The van der Waals surface area contributed by atoms with E-state index in [2.05, 4.69) is 37.2 Å². The molecule has 0 unspecified atom stereocenters. The van der Waals surface area contributed by atoms with Crippen molar-refractivity contribution in [2.24, 2.45) is 5.92 Å². The summed E-state index contributed by atoms with van der Waals surface area (Å²) in [5.74, 6) is 0.736. The van der Waals surface area contributed by atoms with Crippen LogP contribution in [0.5, 0.6) is 0 Å². The topological polar surface area (TPSA) is 58.3 Å². The van der Waals surface area contributed by atoms with Crippen LogP contribution >= 0.6 is 0 Å². The second-order valence-electron chi connectivity index (χ2n) is 7.63. The summed E-state index contributed by atoms with van der Waals surface area (Å²) in [6.45, 7) is 5.39. The van der Waals surface area contributed by atoms with Gasteiger partial charge < -0.3 is 0 Å². The zero-order valence-electron chi connectivity index (χ0n) is 14.8. The first-order valence-corrected chi connectivity index (χ1v) is 9.40. The van der Waals surface area contributed by atoms with E-state index < -0.39 is 0 Å². The van der Waals surface area contributed by atoms with Gasteiger partial charge in [0.2, 0.25) is 0 Å². The molecule has 0 saturated carbocycles. The normalized spacial score (nSPS) is 24.2. The number of aromatic nitrogens is 3. The standard InChI is InChI=1S/C20H23N5O/c1-4-17(20-19(5-1)22-26-23-20)13-25-12-16-6-7-18(25)14-24(11-16)10-15-3-2-8-21-9-15/h1-5,8-9,16,18H,6-7,10-14H2/t16-,18+/m0/s1. The van der Waals surface area contributed by atoms with Crippen LogP contribution in [0.25, 0.3) is 11.0 Å². The van der Waals surface area contributed by atoms with Gasteiger partial charge in [0, 0.05) is 51.2 Å². The molecule has 3 saturated heterocycles. The average molecular weight is 349 g/mol. The van der Waals surface area contributed by atoms with Crippen LogP contribution in [0.1, 0.15) is 24.0 Å². The highest BCUT2D eigenvalue weighted by Crippen LogP contribution is 2.30.